The van der Waals surface area contributed by atoms with E-state index in [2.05, 4.69) is 15.3 Å². The number of fused-ring (bicyclic) bond motifs is 3. The Hall–Kier alpha value is -3.57. The molecule has 0 aliphatic carbocycles. The predicted molar refractivity (Wildman–Crippen MR) is 117 cm³/mol. The van der Waals surface area contributed by atoms with Crippen molar-refractivity contribution >= 4 is 37.9 Å². The molecule has 0 spiro atoms. The molecular formula is C21H20FN5O4S. The van der Waals surface area contributed by atoms with Gasteiger partial charge in [0.15, 0.2) is 0 Å². The molecule has 32 heavy (non-hydrogen) atoms. The Labute approximate surface area is 182 Å². The van der Waals surface area contributed by atoms with E-state index in [1.54, 1.807) is 18.2 Å². The fourth-order valence-corrected chi connectivity index (χ4v) is 3.94. The molecule has 9 nitrogen and oxygen atoms in total. The number of nitrogens with two attached hydrogens (primary N) is 1. The molecule has 11 heteroatoms. The molecule has 1 amide bonds. The van der Waals surface area contributed by atoms with Gasteiger partial charge in [0.25, 0.3) is 5.56 Å². The number of sulfonamides is 1. The van der Waals surface area contributed by atoms with Gasteiger partial charge in [0.1, 0.15) is 16.9 Å². The van der Waals surface area contributed by atoms with Crippen molar-refractivity contribution in [2.24, 2.45) is 5.14 Å². The highest BCUT2D eigenvalue weighted by atomic mass is 32.2. The second-order valence-corrected chi connectivity index (χ2v) is 8.88. The lowest BCUT2D eigenvalue weighted by atomic mass is 10.1. The number of aryl methyl sites for hydroxylation is 1. The summed E-state index contributed by atoms with van der Waals surface area (Å²) in [6, 6.07) is 10.3. The first-order valence-corrected chi connectivity index (χ1v) is 11.3. The Balaban J connectivity index is 1.35. The Morgan fingerprint density at radius 2 is 1.94 bits per heavy atom. The molecule has 2 heterocycles. The molecule has 0 bridgehead atoms. The minimum absolute atomic E-state index is 0.0291. The van der Waals surface area contributed by atoms with Gasteiger partial charge < -0.3 is 10.3 Å². The van der Waals surface area contributed by atoms with E-state index < -0.39 is 15.8 Å². The van der Waals surface area contributed by atoms with E-state index in [0.29, 0.717) is 29.4 Å². The number of carbonyl (C=O) groups excluding carboxylic acids is 1. The second kappa shape index (κ2) is 8.52. The molecule has 0 saturated carbocycles. The van der Waals surface area contributed by atoms with Crippen molar-refractivity contribution in [1.29, 1.82) is 0 Å². The van der Waals surface area contributed by atoms with E-state index in [1.165, 1.54) is 35.2 Å². The van der Waals surface area contributed by atoms with Crippen LogP contribution in [0.1, 0.15) is 12.0 Å². The molecule has 0 radical (unpaired) electrons. The molecule has 4 rings (SSSR count). The number of carbonyl (C=O) groups is 1. The molecule has 0 atom stereocenters. The maximum atomic E-state index is 13.5. The molecule has 4 N–H and O–H groups in total. The van der Waals surface area contributed by atoms with Crippen LogP contribution in [0.15, 0.2) is 58.5 Å². The van der Waals surface area contributed by atoms with Crippen molar-refractivity contribution in [3.63, 3.8) is 0 Å². The van der Waals surface area contributed by atoms with E-state index in [4.69, 9.17) is 5.14 Å². The largest absolute Gasteiger partial charge is 0.356 e. The number of H-pyrrole nitrogens is 1. The minimum atomic E-state index is -3.74. The van der Waals surface area contributed by atoms with Crippen LogP contribution in [-0.2, 0) is 27.8 Å². The third-order valence-electron chi connectivity index (χ3n) is 5.10. The average molecular weight is 457 g/mol. The van der Waals surface area contributed by atoms with Crippen LogP contribution in [-0.4, -0.2) is 35.4 Å². The molecule has 166 valence electrons. The first kappa shape index (κ1) is 21.7. The second-order valence-electron chi connectivity index (χ2n) is 7.32. The number of nitrogens with one attached hydrogen (secondary N) is 2. The zero-order valence-electron chi connectivity index (χ0n) is 16.8. The van der Waals surface area contributed by atoms with Crippen LogP contribution in [0.25, 0.3) is 21.9 Å². The zero-order chi connectivity index (χ0) is 22.9. The molecule has 0 unspecified atom stereocenters. The van der Waals surface area contributed by atoms with E-state index >= 15 is 0 Å². The molecule has 0 saturated heterocycles. The van der Waals surface area contributed by atoms with E-state index in [0.717, 1.165) is 5.56 Å². The number of nitrogens with zero attached hydrogens (tertiary/aromatic N) is 2. The summed E-state index contributed by atoms with van der Waals surface area (Å²) in [4.78, 5) is 32.1. The lowest BCUT2D eigenvalue weighted by molar-refractivity contribution is -0.121. The summed E-state index contributed by atoms with van der Waals surface area (Å²) in [5, 5.41) is 8.35. The topological polar surface area (TPSA) is 140 Å². The minimum Gasteiger partial charge on any atom is -0.356 e. The maximum Gasteiger partial charge on any atom is 0.277 e. The highest BCUT2D eigenvalue weighted by molar-refractivity contribution is 7.89. The fraction of sp³-hybridized carbons (Fsp3) is 0.190. The van der Waals surface area contributed by atoms with Crippen molar-refractivity contribution in [3.05, 3.63) is 70.5 Å². The van der Waals surface area contributed by atoms with Gasteiger partial charge in [0, 0.05) is 30.4 Å². The Morgan fingerprint density at radius 3 is 2.66 bits per heavy atom. The lowest BCUT2D eigenvalue weighted by Crippen LogP contribution is -2.29. The summed E-state index contributed by atoms with van der Waals surface area (Å²) in [6.45, 7) is 0.494. The highest BCUT2D eigenvalue weighted by Gasteiger charge is 2.12. The van der Waals surface area contributed by atoms with Gasteiger partial charge >= 0.3 is 0 Å². The SMILES string of the molecule is NS(=O)(=O)c1ccc(CCNC(=O)CCn2cnc3c([nH]c4ccc(F)cc43)c2=O)cc1. The van der Waals surface area contributed by atoms with Gasteiger partial charge in [-0.2, -0.15) is 0 Å². The maximum absolute atomic E-state index is 13.5. The van der Waals surface area contributed by atoms with Gasteiger partial charge in [0.05, 0.1) is 11.2 Å². The molecule has 0 aliphatic heterocycles. The summed E-state index contributed by atoms with van der Waals surface area (Å²) in [5.74, 6) is -0.654. The quantitative estimate of drug-likeness (QED) is 0.385. The van der Waals surface area contributed by atoms with E-state index in [9.17, 15) is 22.4 Å². The summed E-state index contributed by atoms with van der Waals surface area (Å²) in [7, 11) is -3.74. The van der Waals surface area contributed by atoms with E-state index in [-0.39, 0.29) is 34.8 Å². The van der Waals surface area contributed by atoms with Gasteiger partial charge in [-0.3, -0.25) is 14.2 Å². The summed E-state index contributed by atoms with van der Waals surface area (Å²) in [6.07, 6.45) is 1.94. The Morgan fingerprint density at radius 1 is 1.19 bits per heavy atom. The number of aromatic nitrogens is 3. The number of benzene rings is 2. The van der Waals surface area contributed by atoms with Crippen LogP contribution in [0, 0.1) is 5.82 Å². The summed E-state index contributed by atoms with van der Waals surface area (Å²) < 4.78 is 37.4. The van der Waals surface area contributed by atoms with Gasteiger partial charge in [-0.15, -0.1) is 0 Å². The third-order valence-corrected chi connectivity index (χ3v) is 6.03. The highest BCUT2D eigenvalue weighted by Crippen LogP contribution is 2.22. The molecular weight excluding hydrogens is 437 g/mol. The molecule has 0 fully saturated rings. The van der Waals surface area contributed by atoms with Crippen LogP contribution in [0.3, 0.4) is 0 Å². The molecule has 0 aliphatic rings. The smallest absolute Gasteiger partial charge is 0.277 e. The molecule has 2 aromatic heterocycles. The number of hydrogen-bond donors (Lipinski definition) is 3. The zero-order valence-corrected chi connectivity index (χ0v) is 17.7. The normalized spacial score (nSPS) is 11.8. The number of hydrogen-bond acceptors (Lipinski definition) is 5. The van der Waals surface area contributed by atoms with Crippen LogP contribution in [0.4, 0.5) is 4.39 Å². The fourth-order valence-electron chi connectivity index (χ4n) is 3.42. The van der Waals surface area contributed by atoms with Gasteiger partial charge in [0.2, 0.25) is 15.9 Å². The lowest BCUT2D eigenvalue weighted by Gasteiger charge is -2.07. The van der Waals surface area contributed by atoms with Crippen LogP contribution in [0.2, 0.25) is 0 Å². The summed E-state index contributed by atoms with van der Waals surface area (Å²) >= 11 is 0. The number of halogens is 1. The third kappa shape index (κ3) is 4.53. The summed E-state index contributed by atoms with van der Waals surface area (Å²) in [5.41, 5.74) is 1.77. The molecule has 4 aromatic rings. The monoisotopic (exact) mass is 457 g/mol. The standard InChI is InChI=1S/C21H20FN5O4S/c22-14-3-6-17-16(11-14)19-20(26-17)21(29)27(12-25-19)10-8-18(28)24-9-7-13-1-4-15(5-2-13)32(23,30)31/h1-6,11-12,26H,7-10H2,(H,24,28)(H2,23,30,31). The van der Waals surface area contributed by atoms with Crippen molar-refractivity contribution in [3.8, 4) is 0 Å². The first-order valence-electron chi connectivity index (χ1n) is 9.77. The first-order chi connectivity index (χ1) is 15.2. The van der Waals surface area contributed by atoms with Crippen molar-refractivity contribution < 1.29 is 17.6 Å². The van der Waals surface area contributed by atoms with Gasteiger partial charge in [-0.1, -0.05) is 12.1 Å². The van der Waals surface area contributed by atoms with Gasteiger partial charge in [-0.25, -0.2) is 22.9 Å². The van der Waals surface area contributed by atoms with Crippen LogP contribution in [0.5, 0.6) is 0 Å². The van der Waals surface area contributed by atoms with Crippen LogP contribution >= 0.6 is 0 Å². The predicted octanol–water partition coefficient (Wildman–Crippen LogP) is 1.41. The Kier molecular flexibility index (Phi) is 5.76. The number of primary sulfonamides is 1. The van der Waals surface area contributed by atoms with Crippen molar-refractivity contribution in [2.75, 3.05) is 6.54 Å². The van der Waals surface area contributed by atoms with Crippen molar-refractivity contribution in [2.45, 2.75) is 24.3 Å². The molecule has 2 aromatic carbocycles. The number of aromatic amines is 1. The average Bonchev–Trinajstić information content (AvgIpc) is 3.12. The van der Waals surface area contributed by atoms with Crippen molar-refractivity contribution in [1.82, 2.24) is 19.9 Å². The number of amides is 1. The number of rotatable bonds is 7. The van der Waals surface area contributed by atoms with Crippen LogP contribution < -0.4 is 16.0 Å². The van der Waals surface area contributed by atoms with Gasteiger partial charge in [-0.05, 0) is 42.3 Å². The Bertz CT molecular complexity index is 1480. The van der Waals surface area contributed by atoms with E-state index in [1.807, 2.05) is 0 Å².